The molecule has 102 valence electrons. The van der Waals surface area contributed by atoms with Gasteiger partial charge in [-0.1, -0.05) is 0 Å². The van der Waals surface area contributed by atoms with E-state index in [-0.39, 0.29) is 12.2 Å². The lowest BCUT2D eigenvalue weighted by molar-refractivity contribution is 0.0209. The highest BCUT2D eigenvalue weighted by Gasteiger charge is 2.23. The molecule has 2 rings (SSSR count). The van der Waals surface area contributed by atoms with Crippen LogP contribution in [0.25, 0.3) is 0 Å². The zero-order chi connectivity index (χ0) is 13.7. The van der Waals surface area contributed by atoms with Gasteiger partial charge in [0.15, 0.2) is 0 Å². The fourth-order valence-electron chi connectivity index (χ4n) is 2.44. The van der Waals surface area contributed by atoms with Gasteiger partial charge in [-0.15, -0.1) is 0 Å². The van der Waals surface area contributed by atoms with Crippen molar-refractivity contribution in [3.05, 3.63) is 23.8 Å². The maximum atomic E-state index is 8.99. The second kappa shape index (κ2) is 6.44. The van der Waals surface area contributed by atoms with Crippen LogP contribution in [0.15, 0.2) is 18.2 Å². The van der Waals surface area contributed by atoms with Gasteiger partial charge in [-0.05, 0) is 31.4 Å². The first-order valence-corrected chi connectivity index (χ1v) is 6.53. The molecule has 1 aromatic rings. The molecular weight excluding hydrogens is 242 g/mol. The molecule has 2 atom stereocenters. The summed E-state index contributed by atoms with van der Waals surface area (Å²) in [6.45, 7) is 0. The number of nitrogens with zero attached hydrogens (tertiary/aromatic N) is 1. The van der Waals surface area contributed by atoms with Crippen LogP contribution >= 0.6 is 0 Å². The molecule has 4 heteroatoms. The molecule has 0 spiro atoms. The van der Waals surface area contributed by atoms with Crippen molar-refractivity contribution < 1.29 is 14.2 Å². The Kier molecular flexibility index (Phi) is 4.64. The van der Waals surface area contributed by atoms with E-state index in [4.69, 9.17) is 19.5 Å². The smallest absolute Gasteiger partial charge is 0.124 e. The molecule has 1 aliphatic carbocycles. The molecule has 0 radical (unpaired) electrons. The molecule has 0 aliphatic heterocycles. The van der Waals surface area contributed by atoms with E-state index in [1.54, 1.807) is 26.4 Å². The molecule has 0 amide bonds. The first-order valence-electron chi connectivity index (χ1n) is 6.53. The van der Waals surface area contributed by atoms with Crippen LogP contribution in [-0.2, 0) is 4.74 Å². The quantitative estimate of drug-likeness (QED) is 0.836. The van der Waals surface area contributed by atoms with Crippen LogP contribution in [-0.4, -0.2) is 26.4 Å². The molecule has 0 heterocycles. The highest BCUT2D eigenvalue weighted by molar-refractivity contribution is 5.43. The topological polar surface area (TPSA) is 51.5 Å². The summed E-state index contributed by atoms with van der Waals surface area (Å²) in [5.74, 6) is 1.34. The van der Waals surface area contributed by atoms with E-state index in [1.807, 2.05) is 6.07 Å². The number of ether oxygens (including phenoxy) is 3. The largest absolute Gasteiger partial charge is 0.497 e. The van der Waals surface area contributed by atoms with Crippen LogP contribution in [0.4, 0.5) is 0 Å². The maximum absolute atomic E-state index is 8.99. The molecular formula is C15H19NO3. The minimum atomic E-state index is 0.150. The lowest BCUT2D eigenvalue weighted by Gasteiger charge is -2.28. The third kappa shape index (κ3) is 3.62. The van der Waals surface area contributed by atoms with Gasteiger partial charge in [0.05, 0.1) is 24.8 Å². The molecule has 0 aromatic heterocycles. The second-order valence-corrected chi connectivity index (χ2v) is 4.77. The van der Waals surface area contributed by atoms with E-state index in [0.29, 0.717) is 17.1 Å². The van der Waals surface area contributed by atoms with E-state index in [9.17, 15) is 0 Å². The average Bonchev–Trinajstić information content (AvgIpc) is 2.47. The van der Waals surface area contributed by atoms with Crippen LogP contribution in [0.5, 0.6) is 11.5 Å². The third-order valence-electron chi connectivity index (χ3n) is 3.46. The minimum absolute atomic E-state index is 0.150. The fourth-order valence-corrected chi connectivity index (χ4v) is 2.44. The molecule has 0 N–H and O–H groups in total. The van der Waals surface area contributed by atoms with E-state index in [1.165, 1.54) is 0 Å². The summed E-state index contributed by atoms with van der Waals surface area (Å²) >= 11 is 0. The second-order valence-electron chi connectivity index (χ2n) is 4.77. The molecule has 4 nitrogen and oxygen atoms in total. The summed E-state index contributed by atoms with van der Waals surface area (Å²) in [6.07, 6.45) is 4.56. The van der Waals surface area contributed by atoms with Gasteiger partial charge in [-0.25, -0.2) is 0 Å². The normalized spacial score (nSPS) is 22.6. The summed E-state index contributed by atoms with van der Waals surface area (Å²) in [6, 6.07) is 7.38. The number of nitriles is 1. The van der Waals surface area contributed by atoms with E-state index in [2.05, 4.69) is 6.07 Å². The Hall–Kier alpha value is -1.73. The predicted octanol–water partition coefficient (Wildman–Crippen LogP) is 2.90. The van der Waals surface area contributed by atoms with Gasteiger partial charge in [-0.3, -0.25) is 0 Å². The number of methoxy groups -OCH3 is 2. The van der Waals surface area contributed by atoms with Gasteiger partial charge >= 0.3 is 0 Å². The zero-order valence-electron chi connectivity index (χ0n) is 11.4. The Bertz CT molecular complexity index is 467. The van der Waals surface area contributed by atoms with E-state index in [0.717, 1.165) is 25.7 Å². The Morgan fingerprint density at radius 2 is 1.84 bits per heavy atom. The van der Waals surface area contributed by atoms with Gasteiger partial charge in [0.2, 0.25) is 0 Å². The van der Waals surface area contributed by atoms with Crippen molar-refractivity contribution in [1.82, 2.24) is 0 Å². The molecule has 1 aromatic carbocycles. The first-order chi connectivity index (χ1) is 9.25. The van der Waals surface area contributed by atoms with Gasteiger partial charge < -0.3 is 14.2 Å². The van der Waals surface area contributed by atoms with Crippen molar-refractivity contribution in [2.45, 2.75) is 37.9 Å². The maximum Gasteiger partial charge on any atom is 0.124 e. The van der Waals surface area contributed by atoms with Gasteiger partial charge in [0, 0.05) is 19.6 Å². The third-order valence-corrected chi connectivity index (χ3v) is 3.46. The number of hydrogen-bond donors (Lipinski definition) is 0. The first kappa shape index (κ1) is 13.7. The molecule has 1 saturated carbocycles. The highest BCUT2D eigenvalue weighted by atomic mass is 16.5. The summed E-state index contributed by atoms with van der Waals surface area (Å²) < 4.78 is 16.5. The molecule has 2 unspecified atom stereocenters. The van der Waals surface area contributed by atoms with Gasteiger partial charge in [0.25, 0.3) is 0 Å². The SMILES string of the molecule is COc1cc(C#N)cc(OC2CCCC(OC)C2)c1. The monoisotopic (exact) mass is 261 g/mol. The van der Waals surface area contributed by atoms with Crippen LogP contribution in [0.1, 0.15) is 31.2 Å². The Morgan fingerprint density at radius 1 is 1.11 bits per heavy atom. The van der Waals surface area contributed by atoms with Crippen LogP contribution in [0.3, 0.4) is 0 Å². The van der Waals surface area contributed by atoms with Crippen molar-refractivity contribution in [3.63, 3.8) is 0 Å². The van der Waals surface area contributed by atoms with Crippen molar-refractivity contribution in [1.29, 1.82) is 5.26 Å². The van der Waals surface area contributed by atoms with Gasteiger partial charge in [-0.2, -0.15) is 5.26 Å². The predicted molar refractivity (Wildman–Crippen MR) is 71.4 cm³/mol. The molecule has 0 saturated heterocycles. The summed E-state index contributed by atoms with van der Waals surface area (Å²) in [5, 5.41) is 8.99. The number of rotatable bonds is 4. The Labute approximate surface area is 113 Å². The van der Waals surface area contributed by atoms with Crippen molar-refractivity contribution in [3.8, 4) is 17.6 Å². The summed E-state index contributed by atoms with van der Waals surface area (Å²) in [5.41, 5.74) is 0.549. The highest BCUT2D eigenvalue weighted by Crippen LogP contribution is 2.28. The van der Waals surface area contributed by atoms with E-state index >= 15 is 0 Å². The molecule has 1 fully saturated rings. The Balaban J connectivity index is 2.08. The minimum Gasteiger partial charge on any atom is -0.497 e. The van der Waals surface area contributed by atoms with E-state index < -0.39 is 0 Å². The fraction of sp³-hybridized carbons (Fsp3) is 0.533. The van der Waals surface area contributed by atoms with Crippen molar-refractivity contribution >= 4 is 0 Å². The van der Waals surface area contributed by atoms with Crippen LogP contribution in [0.2, 0.25) is 0 Å². The Morgan fingerprint density at radius 3 is 2.53 bits per heavy atom. The average molecular weight is 261 g/mol. The van der Waals surface area contributed by atoms with Crippen molar-refractivity contribution in [2.24, 2.45) is 0 Å². The van der Waals surface area contributed by atoms with Gasteiger partial charge in [0.1, 0.15) is 17.6 Å². The lowest BCUT2D eigenvalue weighted by atomic mass is 9.95. The number of benzene rings is 1. The number of hydrogen-bond acceptors (Lipinski definition) is 4. The summed E-state index contributed by atoms with van der Waals surface area (Å²) in [7, 11) is 3.33. The van der Waals surface area contributed by atoms with Crippen molar-refractivity contribution in [2.75, 3.05) is 14.2 Å². The lowest BCUT2D eigenvalue weighted by Crippen LogP contribution is -2.29. The van der Waals surface area contributed by atoms with Crippen LogP contribution in [0, 0.1) is 11.3 Å². The standard InChI is InChI=1S/C15H19NO3/c1-17-12-4-3-5-13(8-12)19-15-7-11(10-16)6-14(9-15)18-2/h6-7,9,12-13H,3-5,8H2,1-2H3. The summed E-state index contributed by atoms with van der Waals surface area (Å²) in [4.78, 5) is 0. The van der Waals surface area contributed by atoms with Crippen LogP contribution < -0.4 is 9.47 Å². The molecule has 1 aliphatic rings. The molecule has 0 bridgehead atoms. The zero-order valence-corrected chi connectivity index (χ0v) is 11.4. The molecule has 19 heavy (non-hydrogen) atoms.